The molecule has 6 rings (SSSR count). The SMILES string of the molecule is CNC(=O)Cn1c(=O)n(C2CCN(C3CCC4CCc5cccc3c54)CC2)c2ccccc21. The van der Waals surface area contributed by atoms with Crippen LogP contribution in [0.1, 0.15) is 66.8 Å². The molecule has 1 fully saturated rings. The minimum absolute atomic E-state index is 0.0596. The van der Waals surface area contributed by atoms with Crippen LogP contribution in [0.15, 0.2) is 47.3 Å². The van der Waals surface area contributed by atoms with Crippen molar-refractivity contribution < 1.29 is 4.79 Å². The molecule has 1 saturated heterocycles. The maximum Gasteiger partial charge on any atom is 0.329 e. The average molecular weight is 445 g/mol. The minimum atomic E-state index is -0.152. The summed E-state index contributed by atoms with van der Waals surface area (Å²) in [5.74, 6) is 0.621. The number of aromatic nitrogens is 2. The standard InChI is InChI=1S/C27H32N4O2/c1-28-25(32)17-30-23-7-2-3-8-24(23)31(27(30)33)20-13-15-29(16-14-20)22-12-11-19-10-9-18-5-4-6-21(22)26(18)19/h2-8,19-20,22H,9-17H2,1H3,(H,28,32). The van der Waals surface area contributed by atoms with Crippen molar-refractivity contribution in [3.05, 3.63) is 69.6 Å². The average Bonchev–Trinajstić information content (AvgIpc) is 3.40. The van der Waals surface area contributed by atoms with Crippen LogP contribution < -0.4 is 11.0 Å². The van der Waals surface area contributed by atoms with Crippen molar-refractivity contribution in [3.8, 4) is 0 Å². The molecule has 1 N–H and O–H groups in total. The molecule has 6 nitrogen and oxygen atoms in total. The summed E-state index contributed by atoms with van der Waals surface area (Å²) in [5, 5.41) is 2.64. The van der Waals surface area contributed by atoms with Gasteiger partial charge >= 0.3 is 5.69 Å². The third-order valence-corrected chi connectivity index (χ3v) is 8.30. The molecule has 2 aromatic carbocycles. The first-order valence-electron chi connectivity index (χ1n) is 12.4. The second kappa shape index (κ2) is 8.17. The van der Waals surface area contributed by atoms with E-state index in [1.165, 1.54) is 25.7 Å². The van der Waals surface area contributed by atoms with E-state index in [9.17, 15) is 9.59 Å². The summed E-state index contributed by atoms with van der Waals surface area (Å²) in [5.41, 5.74) is 6.51. The van der Waals surface area contributed by atoms with Crippen LogP contribution in [0.2, 0.25) is 0 Å². The lowest BCUT2D eigenvalue weighted by Crippen LogP contribution is -2.41. The van der Waals surface area contributed by atoms with Crippen molar-refractivity contribution >= 4 is 16.9 Å². The fraction of sp³-hybridized carbons (Fsp3) is 0.481. The Balaban J connectivity index is 1.26. The number of carbonyl (C=O) groups excluding carboxylic acids is 1. The lowest BCUT2D eigenvalue weighted by Gasteiger charge is -2.41. The molecule has 1 amide bonds. The van der Waals surface area contributed by atoms with E-state index in [4.69, 9.17) is 0 Å². The zero-order valence-electron chi connectivity index (χ0n) is 19.3. The molecule has 2 atom stereocenters. The Morgan fingerprint density at radius 1 is 0.970 bits per heavy atom. The Morgan fingerprint density at radius 3 is 2.55 bits per heavy atom. The zero-order valence-corrected chi connectivity index (χ0v) is 19.3. The third-order valence-electron chi connectivity index (χ3n) is 8.30. The number of hydrogen-bond acceptors (Lipinski definition) is 3. The summed E-state index contributed by atoms with van der Waals surface area (Å²) in [6, 6.07) is 15.5. The van der Waals surface area contributed by atoms with Crippen molar-refractivity contribution in [2.24, 2.45) is 0 Å². The van der Waals surface area contributed by atoms with E-state index in [-0.39, 0.29) is 24.2 Å². The second-order valence-corrected chi connectivity index (χ2v) is 9.92. The van der Waals surface area contributed by atoms with Gasteiger partial charge in [-0.1, -0.05) is 30.3 Å². The first-order valence-corrected chi connectivity index (χ1v) is 12.4. The Morgan fingerprint density at radius 2 is 1.76 bits per heavy atom. The van der Waals surface area contributed by atoms with E-state index >= 15 is 0 Å². The molecule has 33 heavy (non-hydrogen) atoms. The van der Waals surface area contributed by atoms with Gasteiger partial charge in [0.05, 0.1) is 11.0 Å². The molecular weight excluding hydrogens is 412 g/mol. The van der Waals surface area contributed by atoms with Crippen LogP contribution in [0.25, 0.3) is 11.0 Å². The highest BCUT2D eigenvalue weighted by atomic mass is 16.2. The van der Waals surface area contributed by atoms with Crippen LogP contribution >= 0.6 is 0 Å². The second-order valence-electron chi connectivity index (χ2n) is 9.92. The number of amides is 1. The first kappa shape index (κ1) is 20.7. The number of likely N-dealkylation sites (N-methyl/N-ethyl adjacent to an activating group) is 1. The molecular formula is C27H32N4O2. The number of para-hydroxylation sites is 2. The molecule has 6 heteroatoms. The number of carbonyl (C=O) groups is 1. The molecule has 3 aliphatic rings. The summed E-state index contributed by atoms with van der Waals surface area (Å²) in [6.45, 7) is 2.07. The number of benzene rings is 2. The van der Waals surface area contributed by atoms with E-state index in [1.807, 2.05) is 28.8 Å². The Hall–Kier alpha value is -2.86. The molecule has 0 spiro atoms. The number of nitrogens with zero attached hydrogens (tertiary/aromatic N) is 3. The van der Waals surface area contributed by atoms with Gasteiger partial charge in [-0.15, -0.1) is 0 Å². The summed E-state index contributed by atoms with van der Waals surface area (Å²) in [4.78, 5) is 28.1. The van der Waals surface area contributed by atoms with Crippen molar-refractivity contribution in [1.29, 1.82) is 0 Å². The molecule has 2 heterocycles. The first-order chi connectivity index (χ1) is 16.2. The molecule has 1 aromatic heterocycles. The number of imidazole rings is 1. The molecule has 3 aromatic rings. The van der Waals surface area contributed by atoms with Gasteiger partial charge in [0, 0.05) is 32.2 Å². The van der Waals surface area contributed by atoms with Gasteiger partial charge in [0.25, 0.3) is 0 Å². The van der Waals surface area contributed by atoms with E-state index < -0.39 is 0 Å². The third kappa shape index (κ3) is 3.34. The van der Waals surface area contributed by atoms with Crippen molar-refractivity contribution in [2.75, 3.05) is 20.1 Å². The van der Waals surface area contributed by atoms with Crippen LogP contribution in [-0.2, 0) is 17.8 Å². The molecule has 1 aliphatic heterocycles. The van der Waals surface area contributed by atoms with E-state index in [0.717, 1.165) is 42.9 Å². The van der Waals surface area contributed by atoms with Crippen LogP contribution in [-0.4, -0.2) is 40.1 Å². The lowest BCUT2D eigenvalue weighted by atomic mass is 9.80. The maximum absolute atomic E-state index is 13.4. The molecule has 0 radical (unpaired) electrons. The highest BCUT2D eigenvalue weighted by Gasteiger charge is 2.36. The van der Waals surface area contributed by atoms with Crippen LogP contribution in [0.3, 0.4) is 0 Å². The molecule has 0 bridgehead atoms. The van der Waals surface area contributed by atoms with Gasteiger partial charge in [-0.3, -0.25) is 18.8 Å². The summed E-state index contributed by atoms with van der Waals surface area (Å²) < 4.78 is 3.57. The normalized spacial score (nSPS) is 23.1. The quantitative estimate of drug-likeness (QED) is 0.667. The number of piperidine rings is 1. The molecule has 0 saturated carbocycles. The Kier molecular flexibility index (Phi) is 5.13. The number of aryl methyl sites for hydroxylation is 1. The van der Waals surface area contributed by atoms with Gasteiger partial charge in [0.1, 0.15) is 6.54 Å². The van der Waals surface area contributed by atoms with Gasteiger partial charge in [-0.2, -0.15) is 0 Å². The summed E-state index contributed by atoms with van der Waals surface area (Å²) >= 11 is 0. The minimum Gasteiger partial charge on any atom is -0.358 e. The number of hydrogen-bond donors (Lipinski definition) is 1. The monoisotopic (exact) mass is 444 g/mol. The molecule has 172 valence electrons. The van der Waals surface area contributed by atoms with Crippen molar-refractivity contribution in [3.63, 3.8) is 0 Å². The Labute approximate surface area is 194 Å². The fourth-order valence-electron chi connectivity index (χ4n) is 6.71. The highest BCUT2D eigenvalue weighted by molar-refractivity contribution is 5.80. The zero-order chi connectivity index (χ0) is 22.5. The van der Waals surface area contributed by atoms with Crippen LogP contribution in [0.5, 0.6) is 0 Å². The van der Waals surface area contributed by atoms with Crippen molar-refractivity contribution in [2.45, 2.75) is 63.1 Å². The van der Waals surface area contributed by atoms with Gasteiger partial charge in [0.2, 0.25) is 5.91 Å². The van der Waals surface area contributed by atoms with Gasteiger partial charge < -0.3 is 5.32 Å². The predicted octanol–water partition coefficient (Wildman–Crippen LogP) is 3.75. The van der Waals surface area contributed by atoms with Gasteiger partial charge in [-0.05, 0) is 73.3 Å². The lowest BCUT2D eigenvalue weighted by molar-refractivity contribution is -0.121. The van der Waals surface area contributed by atoms with Crippen LogP contribution in [0.4, 0.5) is 0 Å². The number of nitrogens with one attached hydrogen (secondary N) is 1. The topological polar surface area (TPSA) is 59.3 Å². The van der Waals surface area contributed by atoms with E-state index in [1.54, 1.807) is 28.3 Å². The molecule has 2 aliphatic carbocycles. The number of likely N-dealkylation sites (tertiary alicyclic amines) is 1. The van der Waals surface area contributed by atoms with Crippen molar-refractivity contribution in [1.82, 2.24) is 19.4 Å². The van der Waals surface area contributed by atoms with E-state index in [0.29, 0.717) is 6.04 Å². The summed E-state index contributed by atoms with van der Waals surface area (Å²) in [7, 11) is 1.61. The van der Waals surface area contributed by atoms with E-state index in [2.05, 4.69) is 28.4 Å². The maximum atomic E-state index is 13.4. The van der Waals surface area contributed by atoms with Gasteiger partial charge in [0.15, 0.2) is 0 Å². The summed E-state index contributed by atoms with van der Waals surface area (Å²) in [6.07, 6.45) is 7.04. The highest BCUT2D eigenvalue weighted by Crippen LogP contribution is 2.48. The van der Waals surface area contributed by atoms with Gasteiger partial charge in [-0.25, -0.2) is 4.79 Å². The van der Waals surface area contributed by atoms with Crippen LogP contribution in [0, 0.1) is 0 Å². The largest absolute Gasteiger partial charge is 0.358 e. The smallest absolute Gasteiger partial charge is 0.329 e. The number of rotatable bonds is 4. The fourth-order valence-corrected chi connectivity index (χ4v) is 6.71. The predicted molar refractivity (Wildman–Crippen MR) is 130 cm³/mol. The number of fused-ring (bicyclic) bond motifs is 1. The Bertz CT molecular complexity index is 1260. The molecule has 2 unspecified atom stereocenters.